The standard InChI is InChI=1S/C10H13N3S/c1-7-9(5-13(2)12-7)10(11)8-3-4-14-6-8/h3-6,10H,11H2,1-2H3. The Morgan fingerprint density at radius 1 is 1.57 bits per heavy atom. The number of nitrogens with zero attached hydrogens (tertiary/aromatic N) is 2. The fourth-order valence-electron chi connectivity index (χ4n) is 1.55. The SMILES string of the molecule is Cc1nn(C)cc1C(N)c1ccsc1. The predicted molar refractivity (Wildman–Crippen MR) is 58.3 cm³/mol. The Kier molecular flexibility index (Phi) is 2.39. The van der Waals surface area contributed by atoms with Gasteiger partial charge in [-0.2, -0.15) is 16.4 Å². The molecule has 74 valence electrons. The van der Waals surface area contributed by atoms with Crippen molar-refractivity contribution in [3.8, 4) is 0 Å². The second kappa shape index (κ2) is 3.55. The number of aromatic nitrogens is 2. The molecule has 2 rings (SSSR count). The van der Waals surface area contributed by atoms with Gasteiger partial charge in [0.2, 0.25) is 0 Å². The number of nitrogens with two attached hydrogens (primary N) is 1. The van der Waals surface area contributed by atoms with Gasteiger partial charge in [0.1, 0.15) is 0 Å². The first kappa shape index (κ1) is 9.43. The number of rotatable bonds is 2. The minimum absolute atomic E-state index is 0.0463. The van der Waals surface area contributed by atoms with Gasteiger partial charge in [-0.25, -0.2) is 0 Å². The van der Waals surface area contributed by atoms with E-state index in [2.05, 4.69) is 16.5 Å². The summed E-state index contributed by atoms with van der Waals surface area (Å²) < 4.78 is 1.80. The van der Waals surface area contributed by atoms with Crippen molar-refractivity contribution in [2.24, 2.45) is 12.8 Å². The fourth-order valence-corrected chi connectivity index (χ4v) is 2.25. The van der Waals surface area contributed by atoms with Crippen LogP contribution in [0.15, 0.2) is 23.0 Å². The molecule has 0 saturated carbocycles. The van der Waals surface area contributed by atoms with Crippen LogP contribution in [-0.4, -0.2) is 9.78 Å². The van der Waals surface area contributed by atoms with Crippen molar-refractivity contribution in [2.45, 2.75) is 13.0 Å². The summed E-state index contributed by atoms with van der Waals surface area (Å²) in [4.78, 5) is 0. The third-order valence-corrected chi connectivity index (χ3v) is 2.99. The molecule has 0 aliphatic carbocycles. The van der Waals surface area contributed by atoms with Gasteiger partial charge < -0.3 is 5.73 Å². The lowest BCUT2D eigenvalue weighted by Gasteiger charge is -2.07. The molecule has 0 saturated heterocycles. The van der Waals surface area contributed by atoms with Crippen molar-refractivity contribution >= 4 is 11.3 Å². The van der Waals surface area contributed by atoms with Crippen LogP contribution < -0.4 is 5.73 Å². The first-order valence-corrected chi connectivity index (χ1v) is 5.40. The maximum atomic E-state index is 6.13. The second-order valence-corrected chi connectivity index (χ2v) is 4.16. The Bertz CT molecular complexity index is 417. The van der Waals surface area contributed by atoms with Gasteiger partial charge >= 0.3 is 0 Å². The smallest absolute Gasteiger partial charge is 0.0644 e. The second-order valence-electron chi connectivity index (χ2n) is 3.38. The summed E-state index contributed by atoms with van der Waals surface area (Å²) >= 11 is 1.67. The van der Waals surface area contributed by atoms with Crippen LogP contribution in [0.25, 0.3) is 0 Å². The van der Waals surface area contributed by atoms with Gasteiger partial charge in [-0.15, -0.1) is 0 Å². The molecule has 2 aromatic rings. The zero-order valence-electron chi connectivity index (χ0n) is 8.27. The minimum Gasteiger partial charge on any atom is -0.320 e. The maximum absolute atomic E-state index is 6.13. The maximum Gasteiger partial charge on any atom is 0.0644 e. The van der Waals surface area contributed by atoms with Gasteiger partial charge in [-0.1, -0.05) is 0 Å². The molecular formula is C10H13N3S. The largest absolute Gasteiger partial charge is 0.320 e. The predicted octanol–water partition coefficient (Wildman–Crippen LogP) is 1.84. The molecule has 0 radical (unpaired) electrons. The number of thiophene rings is 1. The molecule has 4 heteroatoms. The Balaban J connectivity index is 2.36. The summed E-state index contributed by atoms with van der Waals surface area (Å²) in [6.45, 7) is 1.99. The normalized spacial score (nSPS) is 13.1. The summed E-state index contributed by atoms with van der Waals surface area (Å²) in [6.07, 6.45) is 1.98. The first-order valence-electron chi connectivity index (χ1n) is 4.46. The highest BCUT2D eigenvalue weighted by Crippen LogP contribution is 2.23. The molecule has 2 N–H and O–H groups in total. The first-order chi connectivity index (χ1) is 6.68. The van der Waals surface area contributed by atoms with E-state index < -0.39 is 0 Å². The molecule has 0 amide bonds. The lowest BCUT2D eigenvalue weighted by molar-refractivity contribution is 0.756. The molecular weight excluding hydrogens is 194 g/mol. The number of hydrogen-bond acceptors (Lipinski definition) is 3. The van der Waals surface area contributed by atoms with Gasteiger partial charge in [-0.3, -0.25) is 4.68 Å². The Morgan fingerprint density at radius 3 is 2.86 bits per heavy atom. The van der Waals surface area contributed by atoms with Crippen molar-refractivity contribution in [3.63, 3.8) is 0 Å². The Labute approximate surface area is 87.2 Å². The molecule has 0 bridgehead atoms. The monoisotopic (exact) mass is 207 g/mol. The molecule has 1 unspecified atom stereocenters. The average molecular weight is 207 g/mol. The minimum atomic E-state index is -0.0463. The van der Waals surface area contributed by atoms with E-state index in [9.17, 15) is 0 Å². The molecule has 0 aliphatic rings. The van der Waals surface area contributed by atoms with Crippen LogP contribution in [0.2, 0.25) is 0 Å². The van der Waals surface area contributed by atoms with E-state index >= 15 is 0 Å². The van der Waals surface area contributed by atoms with Crippen LogP contribution in [0.1, 0.15) is 22.9 Å². The number of aryl methyl sites for hydroxylation is 2. The van der Waals surface area contributed by atoms with Gasteiger partial charge in [0.25, 0.3) is 0 Å². The average Bonchev–Trinajstić information content (AvgIpc) is 2.73. The Morgan fingerprint density at radius 2 is 2.36 bits per heavy atom. The molecule has 0 fully saturated rings. The van der Waals surface area contributed by atoms with Crippen LogP contribution in [0.5, 0.6) is 0 Å². The van der Waals surface area contributed by atoms with Gasteiger partial charge in [0, 0.05) is 18.8 Å². The highest BCUT2D eigenvalue weighted by Gasteiger charge is 2.14. The van der Waals surface area contributed by atoms with Crippen molar-refractivity contribution < 1.29 is 0 Å². The molecule has 0 spiro atoms. The van der Waals surface area contributed by atoms with E-state index in [1.165, 1.54) is 0 Å². The van der Waals surface area contributed by atoms with E-state index in [0.717, 1.165) is 16.8 Å². The quantitative estimate of drug-likeness (QED) is 0.816. The fraction of sp³-hybridized carbons (Fsp3) is 0.300. The van der Waals surface area contributed by atoms with E-state index in [0.29, 0.717) is 0 Å². The summed E-state index contributed by atoms with van der Waals surface area (Å²) in [6, 6.07) is 2.01. The van der Waals surface area contributed by atoms with Crippen molar-refractivity contribution in [2.75, 3.05) is 0 Å². The van der Waals surface area contributed by atoms with Crippen molar-refractivity contribution in [3.05, 3.63) is 39.8 Å². The zero-order chi connectivity index (χ0) is 10.1. The summed E-state index contributed by atoms with van der Waals surface area (Å²) in [5.74, 6) is 0. The highest BCUT2D eigenvalue weighted by molar-refractivity contribution is 7.08. The van der Waals surface area contributed by atoms with Crippen molar-refractivity contribution in [1.29, 1.82) is 0 Å². The molecule has 2 heterocycles. The molecule has 0 aliphatic heterocycles. The van der Waals surface area contributed by atoms with Crippen LogP contribution in [0.4, 0.5) is 0 Å². The van der Waals surface area contributed by atoms with Crippen LogP contribution in [0, 0.1) is 6.92 Å². The van der Waals surface area contributed by atoms with E-state index in [4.69, 9.17) is 5.73 Å². The van der Waals surface area contributed by atoms with Crippen molar-refractivity contribution in [1.82, 2.24) is 9.78 Å². The van der Waals surface area contributed by atoms with Crippen LogP contribution in [-0.2, 0) is 7.05 Å². The number of hydrogen-bond donors (Lipinski definition) is 1. The summed E-state index contributed by atoms with van der Waals surface area (Å²) in [5.41, 5.74) is 9.40. The topological polar surface area (TPSA) is 43.8 Å². The Hall–Kier alpha value is -1.13. The third-order valence-electron chi connectivity index (χ3n) is 2.29. The van der Waals surface area contributed by atoms with E-state index in [1.807, 2.05) is 25.5 Å². The molecule has 2 aromatic heterocycles. The van der Waals surface area contributed by atoms with Gasteiger partial charge in [0.15, 0.2) is 0 Å². The summed E-state index contributed by atoms with van der Waals surface area (Å²) in [7, 11) is 1.91. The lowest BCUT2D eigenvalue weighted by Crippen LogP contribution is -2.11. The molecule has 1 atom stereocenters. The molecule has 14 heavy (non-hydrogen) atoms. The van der Waals surface area contributed by atoms with Gasteiger partial charge in [0.05, 0.1) is 11.7 Å². The molecule has 3 nitrogen and oxygen atoms in total. The van der Waals surface area contributed by atoms with Gasteiger partial charge in [-0.05, 0) is 29.3 Å². The van der Waals surface area contributed by atoms with Crippen LogP contribution in [0.3, 0.4) is 0 Å². The highest BCUT2D eigenvalue weighted by atomic mass is 32.1. The van der Waals surface area contributed by atoms with Crippen LogP contribution >= 0.6 is 11.3 Å². The third kappa shape index (κ3) is 1.58. The van der Waals surface area contributed by atoms with E-state index in [1.54, 1.807) is 16.0 Å². The lowest BCUT2D eigenvalue weighted by atomic mass is 10.0. The van der Waals surface area contributed by atoms with E-state index in [-0.39, 0.29) is 6.04 Å². The zero-order valence-corrected chi connectivity index (χ0v) is 9.08. The molecule has 0 aromatic carbocycles. The summed E-state index contributed by atoms with van der Waals surface area (Å²) in [5, 5.41) is 8.41.